The number of halogens is 3. The van der Waals surface area contributed by atoms with Gasteiger partial charge in [0.05, 0.1) is 23.3 Å². The SMILES string of the molecule is OC1(c2cc(Cl)c(Cl)cc2Cl)COC1. The van der Waals surface area contributed by atoms with Crippen LogP contribution in [0.25, 0.3) is 0 Å². The number of hydrogen-bond donors (Lipinski definition) is 1. The Balaban J connectivity index is 2.48. The van der Waals surface area contributed by atoms with Gasteiger partial charge in [-0.1, -0.05) is 34.8 Å². The molecule has 1 fully saturated rings. The monoisotopic (exact) mass is 252 g/mol. The van der Waals surface area contributed by atoms with E-state index in [1.54, 1.807) is 6.07 Å². The summed E-state index contributed by atoms with van der Waals surface area (Å²) in [5.41, 5.74) is -0.439. The first-order chi connectivity index (χ1) is 6.53. The molecule has 1 heterocycles. The standard InChI is InChI=1S/C9H7Cl3O2/c10-6-2-8(12)7(11)1-5(6)9(13)3-14-4-9/h1-2,13H,3-4H2. The maximum atomic E-state index is 9.97. The molecule has 1 aromatic rings. The van der Waals surface area contributed by atoms with Crippen LogP contribution >= 0.6 is 34.8 Å². The van der Waals surface area contributed by atoms with Crippen LogP contribution in [-0.4, -0.2) is 18.3 Å². The van der Waals surface area contributed by atoms with E-state index in [0.29, 0.717) is 20.6 Å². The van der Waals surface area contributed by atoms with E-state index in [1.165, 1.54) is 6.07 Å². The first-order valence-corrected chi connectivity index (χ1v) is 5.11. The van der Waals surface area contributed by atoms with Gasteiger partial charge in [0.25, 0.3) is 0 Å². The van der Waals surface area contributed by atoms with Gasteiger partial charge in [0.2, 0.25) is 0 Å². The Morgan fingerprint density at radius 3 is 2.14 bits per heavy atom. The molecule has 0 atom stereocenters. The van der Waals surface area contributed by atoms with Crippen LogP contribution in [0.3, 0.4) is 0 Å². The summed E-state index contributed by atoms with van der Waals surface area (Å²) in [6, 6.07) is 3.10. The molecular formula is C9H7Cl3O2. The van der Waals surface area contributed by atoms with Crippen molar-refractivity contribution >= 4 is 34.8 Å². The van der Waals surface area contributed by atoms with Gasteiger partial charge in [-0.2, -0.15) is 0 Å². The molecular weight excluding hydrogens is 246 g/mol. The minimum Gasteiger partial charge on any atom is -0.380 e. The third-order valence-corrected chi connectivity index (χ3v) is 3.23. The quantitative estimate of drug-likeness (QED) is 0.780. The van der Waals surface area contributed by atoms with Crippen molar-refractivity contribution in [3.63, 3.8) is 0 Å². The highest BCUT2D eigenvalue weighted by Gasteiger charge is 2.39. The van der Waals surface area contributed by atoms with E-state index in [2.05, 4.69) is 0 Å². The van der Waals surface area contributed by atoms with E-state index >= 15 is 0 Å². The highest BCUT2D eigenvalue weighted by atomic mass is 35.5. The third-order valence-electron chi connectivity index (χ3n) is 2.19. The highest BCUT2D eigenvalue weighted by molar-refractivity contribution is 6.43. The molecule has 14 heavy (non-hydrogen) atoms. The van der Waals surface area contributed by atoms with Gasteiger partial charge < -0.3 is 9.84 Å². The zero-order valence-electron chi connectivity index (χ0n) is 7.06. The summed E-state index contributed by atoms with van der Waals surface area (Å²) in [6.07, 6.45) is 0. The van der Waals surface area contributed by atoms with Crippen molar-refractivity contribution < 1.29 is 9.84 Å². The van der Waals surface area contributed by atoms with Crippen molar-refractivity contribution in [2.24, 2.45) is 0 Å². The largest absolute Gasteiger partial charge is 0.380 e. The van der Waals surface area contributed by atoms with E-state index in [1.807, 2.05) is 0 Å². The van der Waals surface area contributed by atoms with Crippen LogP contribution in [0.4, 0.5) is 0 Å². The second kappa shape index (κ2) is 3.54. The smallest absolute Gasteiger partial charge is 0.137 e. The predicted octanol–water partition coefficient (Wildman–Crippen LogP) is 2.86. The van der Waals surface area contributed by atoms with Gasteiger partial charge in [0, 0.05) is 10.6 Å². The molecule has 1 aliphatic rings. The van der Waals surface area contributed by atoms with Crippen LogP contribution < -0.4 is 0 Å². The second-order valence-corrected chi connectivity index (χ2v) is 4.49. The molecule has 0 aromatic heterocycles. The van der Waals surface area contributed by atoms with E-state index in [-0.39, 0.29) is 13.2 Å². The maximum absolute atomic E-state index is 9.97. The molecule has 5 heteroatoms. The summed E-state index contributed by atoms with van der Waals surface area (Å²) in [6.45, 7) is 0.482. The Bertz CT molecular complexity index is 375. The Hall–Kier alpha value is 0.01000. The van der Waals surface area contributed by atoms with Crippen LogP contribution in [0.15, 0.2) is 12.1 Å². The lowest BCUT2D eigenvalue weighted by molar-refractivity contribution is -0.184. The zero-order chi connectivity index (χ0) is 10.3. The van der Waals surface area contributed by atoms with Crippen LogP contribution in [0, 0.1) is 0 Å². The number of ether oxygens (including phenoxy) is 1. The Labute approximate surface area is 96.3 Å². The first-order valence-electron chi connectivity index (χ1n) is 3.98. The number of rotatable bonds is 1. The van der Waals surface area contributed by atoms with Crippen molar-refractivity contribution in [2.45, 2.75) is 5.60 Å². The van der Waals surface area contributed by atoms with E-state index < -0.39 is 5.60 Å². The number of hydrogen-bond acceptors (Lipinski definition) is 2. The van der Waals surface area contributed by atoms with Crippen molar-refractivity contribution in [3.8, 4) is 0 Å². The number of benzene rings is 1. The Morgan fingerprint density at radius 1 is 1.07 bits per heavy atom. The molecule has 1 saturated heterocycles. The fourth-order valence-corrected chi connectivity index (χ4v) is 2.05. The minimum atomic E-state index is -1.01. The lowest BCUT2D eigenvalue weighted by Gasteiger charge is -2.37. The molecule has 1 N–H and O–H groups in total. The summed E-state index contributed by atoms with van der Waals surface area (Å²) in [5.74, 6) is 0. The average Bonchev–Trinajstić information content (AvgIpc) is 2.07. The van der Waals surface area contributed by atoms with Gasteiger partial charge in [-0.15, -0.1) is 0 Å². The molecule has 1 aliphatic heterocycles. The molecule has 76 valence electrons. The third kappa shape index (κ3) is 1.62. The topological polar surface area (TPSA) is 29.5 Å². The van der Waals surface area contributed by atoms with E-state index in [9.17, 15) is 5.11 Å². The summed E-state index contributed by atoms with van der Waals surface area (Å²) in [4.78, 5) is 0. The van der Waals surface area contributed by atoms with Gasteiger partial charge in [-0.05, 0) is 12.1 Å². The molecule has 1 aromatic carbocycles. The molecule has 0 aliphatic carbocycles. The van der Waals surface area contributed by atoms with Gasteiger partial charge in [0.1, 0.15) is 5.60 Å². The van der Waals surface area contributed by atoms with Crippen LogP contribution in [-0.2, 0) is 10.3 Å². The van der Waals surface area contributed by atoms with Gasteiger partial charge >= 0.3 is 0 Å². The van der Waals surface area contributed by atoms with Crippen molar-refractivity contribution in [1.82, 2.24) is 0 Å². The summed E-state index contributed by atoms with van der Waals surface area (Å²) in [7, 11) is 0. The molecule has 0 bridgehead atoms. The first kappa shape index (κ1) is 10.5. The van der Waals surface area contributed by atoms with Crippen LogP contribution in [0.1, 0.15) is 5.56 Å². The molecule has 2 rings (SSSR count). The minimum absolute atomic E-state index is 0.241. The molecule has 0 saturated carbocycles. The molecule has 0 radical (unpaired) electrons. The summed E-state index contributed by atoms with van der Waals surface area (Å²) in [5, 5.41) is 11.1. The lowest BCUT2D eigenvalue weighted by Crippen LogP contribution is -2.46. The molecule has 0 spiro atoms. The van der Waals surface area contributed by atoms with Crippen molar-refractivity contribution in [2.75, 3.05) is 13.2 Å². The predicted molar refractivity (Wildman–Crippen MR) is 56.2 cm³/mol. The van der Waals surface area contributed by atoms with Crippen molar-refractivity contribution in [1.29, 1.82) is 0 Å². The summed E-state index contributed by atoms with van der Waals surface area (Å²) >= 11 is 17.5. The maximum Gasteiger partial charge on any atom is 0.137 e. The van der Waals surface area contributed by atoms with E-state index in [4.69, 9.17) is 39.5 Å². The zero-order valence-corrected chi connectivity index (χ0v) is 9.33. The number of aliphatic hydroxyl groups is 1. The molecule has 2 nitrogen and oxygen atoms in total. The highest BCUT2D eigenvalue weighted by Crippen LogP contribution is 2.38. The van der Waals surface area contributed by atoms with E-state index in [0.717, 1.165) is 0 Å². The van der Waals surface area contributed by atoms with Crippen LogP contribution in [0.2, 0.25) is 15.1 Å². The fourth-order valence-electron chi connectivity index (χ4n) is 1.33. The fraction of sp³-hybridized carbons (Fsp3) is 0.333. The Morgan fingerprint density at radius 2 is 1.64 bits per heavy atom. The van der Waals surface area contributed by atoms with Crippen LogP contribution in [0.5, 0.6) is 0 Å². The second-order valence-electron chi connectivity index (χ2n) is 3.27. The molecule has 0 amide bonds. The lowest BCUT2D eigenvalue weighted by atomic mass is 9.92. The average molecular weight is 254 g/mol. The van der Waals surface area contributed by atoms with Gasteiger partial charge in [0.15, 0.2) is 0 Å². The van der Waals surface area contributed by atoms with Crippen molar-refractivity contribution in [3.05, 3.63) is 32.8 Å². The summed E-state index contributed by atoms with van der Waals surface area (Å²) < 4.78 is 4.93. The van der Waals surface area contributed by atoms with Gasteiger partial charge in [-0.25, -0.2) is 0 Å². The van der Waals surface area contributed by atoms with Gasteiger partial charge in [-0.3, -0.25) is 0 Å². The molecule has 0 unspecified atom stereocenters. The normalized spacial score (nSPS) is 19.1. The Kier molecular flexibility index (Phi) is 2.66.